The van der Waals surface area contributed by atoms with Gasteiger partial charge in [-0.05, 0) is 43.3 Å². The van der Waals surface area contributed by atoms with Crippen LogP contribution in [0.3, 0.4) is 0 Å². The van der Waals surface area contributed by atoms with Gasteiger partial charge in [0.05, 0.1) is 35.6 Å². The second-order valence-corrected chi connectivity index (χ2v) is 5.92. The number of methoxy groups -OCH3 is 1. The lowest BCUT2D eigenvalue weighted by Gasteiger charge is -2.18. The zero-order valence-electron chi connectivity index (χ0n) is 16.1. The first kappa shape index (κ1) is 22.3. The third-order valence-electron chi connectivity index (χ3n) is 3.89. The first-order chi connectivity index (χ1) is 13.8. The quantitative estimate of drug-likeness (QED) is 0.357. The molecule has 0 fully saturated rings. The van der Waals surface area contributed by atoms with Crippen molar-refractivity contribution in [2.45, 2.75) is 13.1 Å². The SMILES string of the molecule is C=C(C(=O)OCC)c1c(Nc2ccc(C(F)(F)F)cc2)cccc1OCCOC. The molecule has 29 heavy (non-hydrogen) atoms. The highest BCUT2D eigenvalue weighted by Crippen LogP contribution is 2.36. The van der Waals surface area contributed by atoms with Gasteiger partial charge in [-0.3, -0.25) is 0 Å². The molecule has 2 aromatic rings. The zero-order valence-corrected chi connectivity index (χ0v) is 16.1. The van der Waals surface area contributed by atoms with Crippen LogP contribution in [0, 0.1) is 0 Å². The van der Waals surface area contributed by atoms with Crippen LogP contribution in [0.15, 0.2) is 49.0 Å². The molecule has 0 aliphatic heterocycles. The standard InChI is InChI=1S/C21H22F3NO4/c1-4-28-20(26)14(2)19-17(6-5-7-18(19)29-13-12-27-3)25-16-10-8-15(9-11-16)21(22,23)24/h5-11,25H,2,4,12-13H2,1,3H3. The Morgan fingerprint density at radius 3 is 2.38 bits per heavy atom. The molecule has 2 aromatic carbocycles. The van der Waals surface area contributed by atoms with E-state index >= 15 is 0 Å². The number of hydrogen-bond donors (Lipinski definition) is 1. The molecule has 0 aromatic heterocycles. The highest BCUT2D eigenvalue weighted by molar-refractivity contribution is 6.18. The third-order valence-corrected chi connectivity index (χ3v) is 3.89. The smallest absolute Gasteiger partial charge is 0.416 e. The number of ether oxygens (including phenoxy) is 3. The minimum absolute atomic E-state index is 0.0641. The Morgan fingerprint density at radius 1 is 1.10 bits per heavy atom. The predicted octanol–water partition coefficient (Wildman–Crippen LogP) is 5.05. The van der Waals surface area contributed by atoms with E-state index in [2.05, 4.69) is 11.9 Å². The topological polar surface area (TPSA) is 56.8 Å². The van der Waals surface area contributed by atoms with Crippen LogP contribution in [-0.4, -0.2) is 32.9 Å². The highest BCUT2D eigenvalue weighted by Gasteiger charge is 2.30. The van der Waals surface area contributed by atoms with Crippen molar-refractivity contribution in [2.24, 2.45) is 0 Å². The Morgan fingerprint density at radius 2 is 1.79 bits per heavy atom. The zero-order chi connectivity index (χ0) is 21.4. The second kappa shape index (κ2) is 9.97. The minimum Gasteiger partial charge on any atom is -0.490 e. The molecule has 0 aliphatic rings. The number of rotatable bonds is 9. The molecule has 0 atom stereocenters. The molecule has 0 aliphatic carbocycles. The van der Waals surface area contributed by atoms with Gasteiger partial charge in [0.1, 0.15) is 12.4 Å². The van der Waals surface area contributed by atoms with Crippen molar-refractivity contribution in [1.82, 2.24) is 0 Å². The molecule has 8 heteroatoms. The van der Waals surface area contributed by atoms with E-state index in [0.29, 0.717) is 29.3 Å². The largest absolute Gasteiger partial charge is 0.490 e. The lowest BCUT2D eigenvalue weighted by molar-refractivity contribution is -0.138. The molecule has 2 rings (SSSR count). The summed E-state index contributed by atoms with van der Waals surface area (Å²) in [5, 5.41) is 3.01. The van der Waals surface area contributed by atoms with Crippen molar-refractivity contribution >= 4 is 22.9 Å². The summed E-state index contributed by atoms with van der Waals surface area (Å²) in [4.78, 5) is 12.2. The van der Waals surface area contributed by atoms with Gasteiger partial charge in [-0.15, -0.1) is 0 Å². The molecule has 0 saturated heterocycles. The maximum absolute atomic E-state index is 12.8. The first-order valence-electron chi connectivity index (χ1n) is 8.83. The fourth-order valence-electron chi connectivity index (χ4n) is 2.52. The molecule has 0 bridgehead atoms. The summed E-state index contributed by atoms with van der Waals surface area (Å²) in [6.45, 7) is 6.23. The Labute approximate surface area is 167 Å². The van der Waals surface area contributed by atoms with Crippen LogP contribution < -0.4 is 10.1 Å². The summed E-state index contributed by atoms with van der Waals surface area (Å²) in [5.74, 6) is -0.247. The van der Waals surface area contributed by atoms with Crippen LogP contribution in [0.1, 0.15) is 18.1 Å². The summed E-state index contributed by atoms with van der Waals surface area (Å²) >= 11 is 0. The third kappa shape index (κ3) is 5.99. The molecule has 0 heterocycles. The van der Waals surface area contributed by atoms with Crippen LogP contribution in [-0.2, 0) is 20.4 Å². The van der Waals surface area contributed by atoms with Crippen molar-refractivity contribution in [2.75, 3.05) is 32.2 Å². The van der Waals surface area contributed by atoms with E-state index < -0.39 is 17.7 Å². The number of alkyl halides is 3. The van der Waals surface area contributed by atoms with Gasteiger partial charge in [0.15, 0.2) is 0 Å². The van der Waals surface area contributed by atoms with Crippen LogP contribution >= 0.6 is 0 Å². The number of halogens is 3. The maximum Gasteiger partial charge on any atom is 0.416 e. The Hall–Kier alpha value is -3.00. The van der Waals surface area contributed by atoms with E-state index in [1.807, 2.05) is 0 Å². The Bertz CT molecular complexity index is 848. The molecular formula is C21H22F3NO4. The molecular weight excluding hydrogens is 387 g/mol. The summed E-state index contributed by atoms with van der Waals surface area (Å²) in [7, 11) is 1.53. The maximum atomic E-state index is 12.8. The molecule has 0 spiro atoms. The van der Waals surface area contributed by atoms with Crippen LogP contribution in [0.2, 0.25) is 0 Å². The molecule has 0 radical (unpaired) electrons. The average Bonchev–Trinajstić information content (AvgIpc) is 2.68. The molecule has 0 saturated carbocycles. The Kier molecular flexibility index (Phi) is 7.67. The van der Waals surface area contributed by atoms with Gasteiger partial charge in [0, 0.05) is 12.8 Å². The van der Waals surface area contributed by atoms with Gasteiger partial charge in [0.2, 0.25) is 0 Å². The molecule has 0 amide bonds. The normalized spacial score (nSPS) is 11.1. The Balaban J connectivity index is 2.37. The van der Waals surface area contributed by atoms with Crippen molar-refractivity contribution in [1.29, 1.82) is 0 Å². The highest BCUT2D eigenvalue weighted by atomic mass is 19.4. The van der Waals surface area contributed by atoms with Crippen LogP contribution in [0.25, 0.3) is 5.57 Å². The van der Waals surface area contributed by atoms with E-state index in [0.717, 1.165) is 12.1 Å². The number of hydrogen-bond acceptors (Lipinski definition) is 5. The predicted molar refractivity (Wildman–Crippen MR) is 104 cm³/mol. The van der Waals surface area contributed by atoms with Crippen molar-refractivity contribution < 1.29 is 32.2 Å². The number of carbonyl (C=O) groups is 1. The van der Waals surface area contributed by atoms with Crippen LogP contribution in [0.5, 0.6) is 5.75 Å². The monoisotopic (exact) mass is 409 g/mol. The fraction of sp³-hybridized carbons (Fsp3) is 0.286. The van der Waals surface area contributed by atoms with E-state index in [-0.39, 0.29) is 18.8 Å². The summed E-state index contributed by atoms with van der Waals surface area (Å²) < 4.78 is 54.0. The molecule has 1 N–H and O–H groups in total. The van der Waals surface area contributed by atoms with Gasteiger partial charge >= 0.3 is 12.1 Å². The summed E-state index contributed by atoms with van der Waals surface area (Å²) in [6, 6.07) is 9.57. The van der Waals surface area contributed by atoms with E-state index in [4.69, 9.17) is 14.2 Å². The molecule has 156 valence electrons. The lowest BCUT2D eigenvalue weighted by Crippen LogP contribution is -2.11. The van der Waals surface area contributed by atoms with Crippen LogP contribution in [0.4, 0.5) is 24.5 Å². The number of benzene rings is 2. The number of carbonyl (C=O) groups excluding carboxylic acids is 1. The van der Waals surface area contributed by atoms with Crippen molar-refractivity contribution in [3.63, 3.8) is 0 Å². The van der Waals surface area contributed by atoms with Gasteiger partial charge in [-0.1, -0.05) is 12.6 Å². The van der Waals surface area contributed by atoms with E-state index in [9.17, 15) is 18.0 Å². The van der Waals surface area contributed by atoms with Gasteiger partial charge in [0.25, 0.3) is 0 Å². The number of esters is 1. The first-order valence-corrected chi connectivity index (χ1v) is 8.83. The average molecular weight is 409 g/mol. The van der Waals surface area contributed by atoms with Gasteiger partial charge in [-0.2, -0.15) is 13.2 Å². The van der Waals surface area contributed by atoms with Gasteiger partial charge < -0.3 is 19.5 Å². The lowest BCUT2D eigenvalue weighted by atomic mass is 10.0. The summed E-state index contributed by atoms with van der Waals surface area (Å²) in [6.07, 6.45) is -4.42. The number of anilines is 2. The second-order valence-electron chi connectivity index (χ2n) is 5.92. The number of nitrogens with one attached hydrogen (secondary N) is 1. The minimum atomic E-state index is -4.42. The van der Waals surface area contributed by atoms with Crippen molar-refractivity contribution in [3.8, 4) is 5.75 Å². The fourth-order valence-corrected chi connectivity index (χ4v) is 2.52. The van der Waals surface area contributed by atoms with Gasteiger partial charge in [-0.25, -0.2) is 4.79 Å². The molecule has 0 unspecified atom stereocenters. The van der Waals surface area contributed by atoms with E-state index in [1.165, 1.54) is 19.2 Å². The van der Waals surface area contributed by atoms with Crippen molar-refractivity contribution in [3.05, 3.63) is 60.2 Å². The van der Waals surface area contributed by atoms with E-state index in [1.54, 1.807) is 25.1 Å². The molecule has 5 nitrogen and oxygen atoms in total. The summed E-state index contributed by atoms with van der Waals surface area (Å²) in [5.41, 5.74) is 0.523.